The molecule has 0 bridgehead atoms. The van der Waals surface area contributed by atoms with Crippen molar-refractivity contribution in [2.24, 2.45) is 0 Å². The molecule has 1 atom stereocenters. The molecule has 1 unspecified atom stereocenters. The van der Waals surface area contributed by atoms with Gasteiger partial charge in [-0.15, -0.1) is 0 Å². The van der Waals surface area contributed by atoms with Gasteiger partial charge in [-0.05, 0) is 25.2 Å². The van der Waals surface area contributed by atoms with E-state index in [-0.39, 0.29) is 11.9 Å². The summed E-state index contributed by atoms with van der Waals surface area (Å²) in [5.41, 5.74) is 1.75. The van der Waals surface area contributed by atoms with Gasteiger partial charge in [-0.25, -0.2) is 0 Å². The van der Waals surface area contributed by atoms with Crippen molar-refractivity contribution < 1.29 is 9.53 Å². The van der Waals surface area contributed by atoms with Gasteiger partial charge in [0.05, 0.1) is 18.7 Å². The Balaban J connectivity index is 1.83. The third-order valence-corrected chi connectivity index (χ3v) is 4.34. The van der Waals surface area contributed by atoms with E-state index in [1.54, 1.807) is 25.6 Å². The van der Waals surface area contributed by atoms with Crippen molar-refractivity contribution in [2.75, 3.05) is 33.8 Å². The average molecular weight is 311 g/mol. The SMILES string of the molecule is COc1ccccc1C1CN(C(=O)c2cccnc2)CCN1C. The van der Waals surface area contributed by atoms with Gasteiger partial charge in [0.2, 0.25) is 0 Å². The van der Waals surface area contributed by atoms with Crippen molar-refractivity contribution in [2.45, 2.75) is 6.04 Å². The molecule has 3 rings (SSSR count). The molecule has 2 heterocycles. The van der Waals surface area contributed by atoms with Crippen LogP contribution < -0.4 is 4.74 Å². The number of ether oxygens (including phenoxy) is 1. The van der Waals surface area contributed by atoms with Crippen molar-refractivity contribution in [1.29, 1.82) is 0 Å². The number of methoxy groups -OCH3 is 1. The van der Waals surface area contributed by atoms with E-state index in [1.807, 2.05) is 29.2 Å². The van der Waals surface area contributed by atoms with Crippen molar-refractivity contribution in [1.82, 2.24) is 14.8 Å². The smallest absolute Gasteiger partial charge is 0.255 e. The lowest BCUT2D eigenvalue weighted by molar-refractivity contribution is 0.0542. The number of rotatable bonds is 3. The predicted molar refractivity (Wildman–Crippen MR) is 88.5 cm³/mol. The van der Waals surface area contributed by atoms with Crippen molar-refractivity contribution in [3.8, 4) is 5.75 Å². The Morgan fingerprint density at radius 2 is 2.04 bits per heavy atom. The van der Waals surface area contributed by atoms with E-state index in [4.69, 9.17) is 4.74 Å². The molecular weight excluding hydrogens is 290 g/mol. The first-order valence-electron chi connectivity index (χ1n) is 7.73. The molecule has 0 spiro atoms. The van der Waals surface area contributed by atoms with Crippen LogP contribution in [0.25, 0.3) is 0 Å². The van der Waals surface area contributed by atoms with E-state index in [0.717, 1.165) is 24.4 Å². The Bertz CT molecular complexity index is 675. The molecule has 0 radical (unpaired) electrons. The van der Waals surface area contributed by atoms with Crippen LogP contribution in [0.5, 0.6) is 5.75 Å². The molecule has 0 saturated carbocycles. The van der Waals surface area contributed by atoms with Gasteiger partial charge < -0.3 is 9.64 Å². The van der Waals surface area contributed by atoms with Gasteiger partial charge in [-0.3, -0.25) is 14.7 Å². The maximum atomic E-state index is 12.7. The lowest BCUT2D eigenvalue weighted by Gasteiger charge is -2.40. The quantitative estimate of drug-likeness (QED) is 0.872. The van der Waals surface area contributed by atoms with E-state index >= 15 is 0 Å². The fourth-order valence-corrected chi connectivity index (χ4v) is 3.01. The van der Waals surface area contributed by atoms with Gasteiger partial charge in [0, 0.05) is 37.6 Å². The second-order valence-corrected chi connectivity index (χ2v) is 5.73. The Kier molecular flexibility index (Phi) is 4.57. The minimum atomic E-state index is 0.0334. The number of carbonyl (C=O) groups is 1. The summed E-state index contributed by atoms with van der Waals surface area (Å²) in [4.78, 5) is 20.9. The van der Waals surface area contributed by atoms with Gasteiger partial charge in [0.15, 0.2) is 0 Å². The van der Waals surface area contributed by atoms with Crippen molar-refractivity contribution >= 4 is 5.91 Å². The van der Waals surface area contributed by atoms with Gasteiger partial charge >= 0.3 is 0 Å². The number of aromatic nitrogens is 1. The molecule has 1 aromatic carbocycles. The summed E-state index contributed by atoms with van der Waals surface area (Å²) >= 11 is 0. The Hall–Kier alpha value is -2.40. The van der Waals surface area contributed by atoms with Crippen LogP contribution in [0.1, 0.15) is 22.0 Å². The number of hydrogen-bond acceptors (Lipinski definition) is 4. The summed E-state index contributed by atoms with van der Waals surface area (Å²) in [6, 6.07) is 11.7. The molecule has 5 heteroatoms. The molecule has 2 aromatic rings. The van der Waals surface area contributed by atoms with Crippen LogP contribution in [-0.2, 0) is 0 Å². The largest absolute Gasteiger partial charge is 0.496 e. The topological polar surface area (TPSA) is 45.7 Å². The van der Waals surface area contributed by atoms with E-state index in [9.17, 15) is 4.79 Å². The fraction of sp³-hybridized carbons (Fsp3) is 0.333. The molecule has 1 aliphatic heterocycles. The van der Waals surface area contributed by atoms with Gasteiger partial charge in [-0.1, -0.05) is 18.2 Å². The first-order chi connectivity index (χ1) is 11.2. The van der Waals surface area contributed by atoms with Crippen LogP contribution in [0.2, 0.25) is 0 Å². The highest BCUT2D eigenvalue weighted by Crippen LogP contribution is 2.31. The number of piperazine rings is 1. The number of benzene rings is 1. The van der Waals surface area contributed by atoms with Crippen LogP contribution in [0.15, 0.2) is 48.8 Å². The molecule has 0 aliphatic carbocycles. The lowest BCUT2D eigenvalue weighted by Crippen LogP contribution is -2.49. The van der Waals surface area contributed by atoms with Crippen LogP contribution in [0.3, 0.4) is 0 Å². The first kappa shape index (κ1) is 15.5. The molecule has 5 nitrogen and oxygen atoms in total. The monoisotopic (exact) mass is 311 g/mol. The van der Waals surface area contributed by atoms with Gasteiger partial charge in [0.1, 0.15) is 5.75 Å². The molecule has 1 fully saturated rings. The maximum absolute atomic E-state index is 12.7. The zero-order valence-corrected chi connectivity index (χ0v) is 13.5. The second-order valence-electron chi connectivity index (χ2n) is 5.73. The molecular formula is C18H21N3O2. The molecule has 120 valence electrons. The summed E-state index contributed by atoms with van der Waals surface area (Å²) in [7, 11) is 3.77. The highest BCUT2D eigenvalue weighted by atomic mass is 16.5. The summed E-state index contributed by atoms with van der Waals surface area (Å²) in [5.74, 6) is 0.895. The first-order valence-corrected chi connectivity index (χ1v) is 7.73. The Morgan fingerprint density at radius 1 is 1.22 bits per heavy atom. The maximum Gasteiger partial charge on any atom is 0.255 e. The zero-order valence-electron chi connectivity index (χ0n) is 13.5. The number of carbonyl (C=O) groups excluding carboxylic acids is 1. The fourth-order valence-electron chi connectivity index (χ4n) is 3.01. The summed E-state index contributed by atoms with van der Waals surface area (Å²) in [6.45, 7) is 2.19. The van der Waals surface area contributed by atoms with Gasteiger partial charge in [-0.2, -0.15) is 0 Å². The summed E-state index contributed by atoms with van der Waals surface area (Å²) in [6.07, 6.45) is 3.30. The van der Waals surface area contributed by atoms with Crippen LogP contribution in [0.4, 0.5) is 0 Å². The van der Waals surface area contributed by atoms with E-state index in [0.29, 0.717) is 12.1 Å². The minimum Gasteiger partial charge on any atom is -0.496 e. The highest BCUT2D eigenvalue weighted by Gasteiger charge is 2.30. The highest BCUT2D eigenvalue weighted by molar-refractivity contribution is 5.94. The third-order valence-electron chi connectivity index (χ3n) is 4.34. The number of nitrogens with zero attached hydrogens (tertiary/aromatic N) is 3. The zero-order chi connectivity index (χ0) is 16.2. The van der Waals surface area contributed by atoms with E-state index in [2.05, 4.69) is 23.0 Å². The van der Waals surface area contributed by atoms with E-state index in [1.165, 1.54) is 0 Å². The van der Waals surface area contributed by atoms with Crippen LogP contribution >= 0.6 is 0 Å². The number of hydrogen-bond donors (Lipinski definition) is 0. The molecule has 1 saturated heterocycles. The number of para-hydroxylation sites is 1. The molecule has 1 aromatic heterocycles. The normalized spacial score (nSPS) is 18.7. The average Bonchev–Trinajstić information content (AvgIpc) is 2.62. The van der Waals surface area contributed by atoms with Crippen molar-refractivity contribution in [3.05, 3.63) is 59.9 Å². The molecule has 1 amide bonds. The van der Waals surface area contributed by atoms with Gasteiger partial charge in [0.25, 0.3) is 5.91 Å². The second kappa shape index (κ2) is 6.79. The molecule has 1 aliphatic rings. The summed E-state index contributed by atoms with van der Waals surface area (Å²) in [5, 5.41) is 0. The lowest BCUT2D eigenvalue weighted by atomic mass is 10.0. The summed E-state index contributed by atoms with van der Waals surface area (Å²) < 4.78 is 5.49. The predicted octanol–water partition coefficient (Wildman–Crippen LogP) is 2.22. The standard InChI is InChI=1S/C18H21N3O2/c1-20-10-11-21(18(22)14-6-5-9-19-12-14)13-16(20)15-7-3-4-8-17(15)23-2/h3-9,12,16H,10-11,13H2,1-2H3. The molecule has 0 N–H and O–H groups in total. The minimum absolute atomic E-state index is 0.0334. The number of pyridine rings is 1. The Labute approximate surface area is 136 Å². The van der Waals surface area contributed by atoms with E-state index < -0.39 is 0 Å². The molecule has 23 heavy (non-hydrogen) atoms. The van der Waals surface area contributed by atoms with Crippen molar-refractivity contribution in [3.63, 3.8) is 0 Å². The number of likely N-dealkylation sites (N-methyl/N-ethyl adjacent to an activating group) is 1. The Morgan fingerprint density at radius 3 is 2.78 bits per heavy atom. The number of amides is 1. The van der Waals surface area contributed by atoms with Crippen LogP contribution in [0, 0.1) is 0 Å². The van der Waals surface area contributed by atoms with Crippen LogP contribution in [-0.4, -0.2) is 54.5 Å². The third kappa shape index (κ3) is 3.19.